The SMILES string of the molecule is CNC(Cc1nccs1)c1cc(C)cc(F)c1. The van der Waals surface area contributed by atoms with Gasteiger partial charge in [-0.2, -0.15) is 0 Å². The minimum absolute atomic E-state index is 0.107. The number of halogens is 1. The second-order valence-electron chi connectivity index (χ2n) is 4.03. The van der Waals surface area contributed by atoms with Crippen molar-refractivity contribution in [2.75, 3.05) is 7.05 Å². The first-order chi connectivity index (χ1) is 8.19. The molecule has 1 unspecified atom stereocenters. The van der Waals surface area contributed by atoms with Gasteiger partial charge in [-0.15, -0.1) is 11.3 Å². The van der Waals surface area contributed by atoms with E-state index < -0.39 is 0 Å². The quantitative estimate of drug-likeness (QED) is 0.902. The monoisotopic (exact) mass is 250 g/mol. The van der Waals surface area contributed by atoms with Gasteiger partial charge in [-0.3, -0.25) is 0 Å². The smallest absolute Gasteiger partial charge is 0.123 e. The molecule has 17 heavy (non-hydrogen) atoms. The highest BCUT2D eigenvalue weighted by Crippen LogP contribution is 2.21. The molecule has 1 N–H and O–H groups in total. The average Bonchev–Trinajstić information content (AvgIpc) is 2.77. The normalized spacial score (nSPS) is 12.6. The Kier molecular flexibility index (Phi) is 3.86. The fourth-order valence-electron chi connectivity index (χ4n) is 1.88. The number of nitrogens with one attached hydrogen (secondary N) is 1. The largest absolute Gasteiger partial charge is 0.313 e. The molecule has 2 aromatic rings. The van der Waals surface area contributed by atoms with Crippen LogP contribution in [-0.4, -0.2) is 12.0 Å². The molecule has 0 fully saturated rings. The predicted octanol–water partition coefficient (Wildman–Crippen LogP) is 3.09. The first-order valence-corrected chi connectivity index (χ1v) is 6.39. The van der Waals surface area contributed by atoms with Gasteiger partial charge in [0.25, 0.3) is 0 Å². The van der Waals surface area contributed by atoms with E-state index in [0.29, 0.717) is 0 Å². The second-order valence-corrected chi connectivity index (χ2v) is 5.01. The average molecular weight is 250 g/mol. The highest BCUT2D eigenvalue weighted by atomic mass is 32.1. The van der Waals surface area contributed by atoms with E-state index in [1.165, 1.54) is 0 Å². The van der Waals surface area contributed by atoms with Crippen LogP contribution in [0.25, 0.3) is 0 Å². The Morgan fingerprint density at radius 1 is 1.41 bits per heavy atom. The van der Waals surface area contributed by atoms with Crippen molar-refractivity contribution >= 4 is 11.3 Å². The molecular formula is C13H15FN2S. The maximum atomic E-state index is 13.4. The molecule has 0 spiro atoms. The molecule has 2 rings (SSSR count). The third-order valence-electron chi connectivity index (χ3n) is 2.68. The molecular weight excluding hydrogens is 235 g/mol. The molecule has 0 aliphatic carbocycles. The Morgan fingerprint density at radius 2 is 2.24 bits per heavy atom. The van der Waals surface area contributed by atoms with E-state index in [-0.39, 0.29) is 11.9 Å². The minimum Gasteiger partial charge on any atom is -0.313 e. The fourth-order valence-corrected chi connectivity index (χ4v) is 2.54. The van der Waals surface area contributed by atoms with Crippen molar-refractivity contribution in [3.63, 3.8) is 0 Å². The highest BCUT2D eigenvalue weighted by molar-refractivity contribution is 7.09. The van der Waals surface area contributed by atoms with Crippen molar-refractivity contribution in [1.29, 1.82) is 0 Å². The lowest BCUT2D eigenvalue weighted by atomic mass is 10.0. The van der Waals surface area contributed by atoms with Crippen molar-refractivity contribution in [1.82, 2.24) is 10.3 Å². The number of aromatic nitrogens is 1. The first kappa shape index (κ1) is 12.2. The predicted molar refractivity (Wildman–Crippen MR) is 68.8 cm³/mol. The summed E-state index contributed by atoms with van der Waals surface area (Å²) in [6.07, 6.45) is 2.58. The molecule has 1 aromatic carbocycles. The summed E-state index contributed by atoms with van der Waals surface area (Å²) in [5.74, 6) is -0.181. The van der Waals surface area contributed by atoms with Crippen LogP contribution in [-0.2, 0) is 6.42 Å². The first-order valence-electron chi connectivity index (χ1n) is 5.52. The Labute approximate surface area is 105 Å². The van der Waals surface area contributed by atoms with E-state index in [1.807, 2.05) is 25.4 Å². The lowest BCUT2D eigenvalue weighted by molar-refractivity contribution is 0.575. The lowest BCUT2D eigenvalue weighted by Crippen LogP contribution is -2.19. The molecule has 1 heterocycles. The van der Waals surface area contributed by atoms with E-state index in [9.17, 15) is 4.39 Å². The third kappa shape index (κ3) is 3.11. The number of thiazole rings is 1. The van der Waals surface area contributed by atoms with E-state index in [2.05, 4.69) is 10.3 Å². The Hall–Kier alpha value is -1.26. The van der Waals surface area contributed by atoms with Crippen LogP contribution in [0.2, 0.25) is 0 Å². The molecule has 0 saturated carbocycles. The van der Waals surface area contributed by atoms with Gasteiger partial charge < -0.3 is 5.32 Å². The number of aryl methyl sites for hydroxylation is 1. The Bertz CT molecular complexity index is 462. The van der Waals surface area contributed by atoms with Crippen LogP contribution in [0.1, 0.15) is 22.2 Å². The summed E-state index contributed by atoms with van der Waals surface area (Å²) < 4.78 is 13.4. The number of likely N-dealkylation sites (N-methyl/N-ethyl adjacent to an activating group) is 1. The van der Waals surface area contributed by atoms with Gasteiger partial charge >= 0.3 is 0 Å². The van der Waals surface area contributed by atoms with E-state index in [1.54, 1.807) is 29.7 Å². The molecule has 0 bridgehead atoms. The number of rotatable bonds is 4. The summed E-state index contributed by atoms with van der Waals surface area (Å²) in [5, 5.41) is 6.23. The number of hydrogen-bond acceptors (Lipinski definition) is 3. The highest BCUT2D eigenvalue weighted by Gasteiger charge is 2.12. The minimum atomic E-state index is -0.181. The summed E-state index contributed by atoms with van der Waals surface area (Å²) in [6, 6.07) is 5.25. The van der Waals surface area contributed by atoms with E-state index >= 15 is 0 Å². The van der Waals surface area contributed by atoms with Gasteiger partial charge in [0.2, 0.25) is 0 Å². The molecule has 2 nitrogen and oxygen atoms in total. The molecule has 0 saturated heterocycles. The van der Waals surface area contributed by atoms with Gasteiger partial charge in [0.15, 0.2) is 0 Å². The van der Waals surface area contributed by atoms with Gasteiger partial charge in [-0.1, -0.05) is 6.07 Å². The van der Waals surface area contributed by atoms with Gasteiger partial charge in [0.1, 0.15) is 5.82 Å². The number of nitrogens with zero attached hydrogens (tertiary/aromatic N) is 1. The van der Waals surface area contributed by atoms with Crippen LogP contribution in [0.5, 0.6) is 0 Å². The third-order valence-corrected chi connectivity index (χ3v) is 3.48. The van der Waals surface area contributed by atoms with Crippen molar-refractivity contribution in [3.05, 3.63) is 51.7 Å². The van der Waals surface area contributed by atoms with E-state index in [4.69, 9.17) is 0 Å². The molecule has 1 atom stereocenters. The van der Waals surface area contributed by atoms with Gasteiger partial charge in [0.05, 0.1) is 5.01 Å². The fraction of sp³-hybridized carbons (Fsp3) is 0.308. The lowest BCUT2D eigenvalue weighted by Gasteiger charge is -2.16. The van der Waals surface area contributed by atoms with Crippen LogP contribution < -0.4 is 5.32 Å². The Balaban J connectivity index is 2.22. The van der Waals surface area contributed by atoms with E-state index in [0.717, 1.165) is 22.6 Å². The van der Waals surface area contributed by atoms with Crippen LogP contribution in [0.3, 0.4) is 0 Å². The maximum Gasteiger partial charge on any atom is 0.123 e. The molecule has 90 valence electrons. The van der Waals surface area contributed by atoms with Crippen molar-refractivity contribution in [2.45, 2.75) is 19.4 Å². The van der Waals surface area contributed by atoms with Crippen molar-refractivity contribution in [2.24, 2.45) is 0 Å². The maximum absolute atomic E-state index is 13.4. The second kappa shape index (κ2) is 5.38. The van der Waals surface area contributed by atoms with Crippen molar-refractivity contribution in [3.8, 4) is 0 Å². The van der Waals surface area contributed by atoms with Crippen LogP contribution in [0.15, 0.2) is 29.8 Å². The molecule has 0 aliphatic heterocycles. The zero-order chi connectivity index (χ0) is 12.3. The molecule has 0 amide bonds. The Morgan fingerprint density at radius 3 is 2.82 bits per heavy atom. The van der Waals surface area contributed by atoms with Gasteiger partial charge in [0, 0.05) is 24.0 Å². The van der Waals surface area contributed by atoms with Crippen LogP contribution in [0, 0.1) is 12.7 Å². The topological polar surface area (TPSA) is 24.9 Å². The summed E-state index contributed by atoms with van der Waals surface area (Å²) in [5.41, 5.74) is 1.92. The molecule has 4 heteroatoms. The molecule has 0 radical (unpaired) electrons. The summed E-state index contributed by atoms with van der Waals surface area (Å²) >= 11 is 1.62. The molecule has 0 aliphatic rings. The zero-order valence-corrected chi connectivity index (χ0v) is 10.7. The standard InChI is InChI=1S/C13H15FN2S/c1-9-5-10(7-11(14)6-9)12(15-2)8-13-16-3-4-17-13/h3-7,12,15H,8H2,1-2H3. The number of hydrogen-bond donors (Lipinski definition) is 1. The summed E-state index contributed by atoms with van der Waals surface area (Å²) in [6.45, 7) is 1.91. The van der Waals surface area contributed by atoms with Crippen LogP contribution >= 0.6 is 11.3 Å². The van der Waals surface area contributed by atoms with Crippen LogP contribution in [0.4, 0.5) is 4.39 Å². The number of benzene rings is 1. The molecule has 1 aromatic heterocycles. The van der Waals surface area contributed by atoms with Gasteiger partial charge in [-0.25, -0.2) is 9.37 Å². The summed E-state index contributed by atoms with van der Waals surface area (Å²) in [4.78, 5) is 4.26. The summed E-state index contributed by atoms with van der Waals surface area (Å²) in [7, 11) is 1.89. The van der Waals surface area contributed by atoms with Gasteiger partial charge in [-0.05, 0) is 37.2 Å². The zero-order valence-electron chi connectivity index (χ0n) is 9.90. The van der Waals surface area contributed by atoms with Crippen molar-refractivity contribution < 1.29 is 4.39 Å².